The van der Waals surface area contributed by atoms with Gasteiger partial charge in [-0.1, -0.05) is 35.0 Å². The average molecular weight is 409 g/mol. The Morgan fingerprint density at radius 2 is 1.90 bits per heavy atom. The number of hydrogen-bond donors (Lipinski definition) is 1. The first kappa shape index (κ1) is 20.1. The molecule has 1 unspecified atom stereocenters. The third-order valence-corrected chi connectivity index (χ3v) is 5.59. The van der Waals surface area contributed by atoms with Crippen molar-refractivity contribution in [2.24, 2.45) is 5.16 Å². The molecule has 0 aliphatic carbocycles. The molecule has 1 N–H and O–H groups in total. The van der Waals surface area contributed by atoms with Crippen molar-refractivity contribution in [1.82, 2.24) is 10.2 Å². The predicted octanol–water partition coefficient (Wildman–Crippen LogP) is 3.20. The Labute approximate surface area is 174 Å². The summed E-state index contributed by atoms with van der Waals surface area (Å²) in [7, 11) is 0. The highest BCUT2D eigenvalue weighted by Crippen LogP contribution is 2.34. The van der Waals surface area contributed by atoms with Crippen LogP contribution in [0.15, 0.2) is 53.7 Å². The van der Waals surface area contributed by atoms with E-state index >= 15 is 0 Å². The Balaban J connectivity index is 1.35. The van der Waals surface area contributed by atoms with E-state index in [0.29, 0.717) is 37.3 Å². The standard InChI is InChI=1S/C23H24FN3O3/c1-16-3-5-17(6-4-16)14-25-21(28)20-13-23(30-26-20)11-2-12-27(15-23)22(29)18-7-9-19(24)10-8-18/h3-10H,2,11-15H2,1H3,(H,25,28). The van der Waals surface area contributed by atoms with E-state index in [0.717, 1.165) is 24.0 Å². The molecule has 1 atom stereocenters. The van der Waals surface area contributed by atoms with E-state index in [-0.39, 0.29) is 17.6 Å². The molecule has 4 rings (SSSR count). The summed E-state index contributed by atoms with van der Waals surface area (Å²) in [5.41, 5.74) is 2.28. The van der Waals surface area contributed by atoms with E-state index < -0.39 is 5.60 Å². The fourth-order valence-corrected chi connectivity index (χ4v) is 3.90. The van der Waals surface area contributed by atoms with Gasteiger partial charge in [-0.2, -0.15) is 0 Å². The van der Waals surface area contributed by atoms with Crippen LogP contribution >= 0.6 is 0 Å². The first-order valence-electron chi connectivity index (χ1n) is 10.1. The van der Waals surface area contributed by atoms with Gasteiger partial charge in [-0.3, -0.25) is 9.59 Å². The Bertz CT molecular complexity index is 972. The van der Waals surface area contributed by atoms with Gasteiger partial charge in [0.1, 0.15) is 11.5 Å². The zero-order valence-electron chi connectivity index (χ0n) is 16.9. The van der Waals surface area contributed by atoms with Gasteiger partial charge >= 0.3 is 0 Å². The molecule has 0 aromatic heterocycles. The van der Waals surface area contributed by atoms with Crippen LogP contribution in [-0.4, -0.2) is 41.1 Å². The number of carbonyl (C=O) groups excluding carboxylic acids is 2. The number of carbonyl (C=O) groups is 2. The molecule has 1 fully saturated rings. The molecular weight excluding hydrogens is 385 g/mol. The minimum absolute atomic E-state index is 0.171. The Morgan fingerprint density at radius 1 is 1.17 bits per heavy atom. The summed E-state index contributed by atoms with van der Waals surface area (Å²) < 4.78 is 13.1. The van der Waals surface area contributed by atoms with Gasteiger partial charge in [-0.05, 0) is 49.6 Å². The summed E-state index contributed by atoms with van der Waals surface area (Å²) in [4.78, 5) is 32.7. The van der Waals surface area contributed by atoms with Crippen molar-refractivity contribution >= 4 is 17.5 Å². The summed E-state index contributed by atoms with van der Waals surface area (Å²) in [6.07, 6.45) is 1.83. The monoisotopic (exact) mass is 409 g/mol. The molecule has 2 aliphatic heterocycles. The smallest absolute Gasteiger partial charge is 0.269 e. The molecule has 2 aromatic carbocycles. The van der Waals surface area contributed by atoms with E-state index in [4.69, 9.17) is 4.84 Å². The van der Waals surface area contributed by atoms with Crippen molar-refractivity contribution in [3.63, 3.8) is 0 Å². The number of benzene rings is 2. The van der Waals surface area contributed by atoms with Gasteiger partial charge in [0, 0.05) is 25.1 Å². The second kappa shape index (κ2) is 8.26. The number of nitrogens with zero attached hydrogens (tertiary/aromatic N) is 2. The summed E-state index contributed by atoms with van der Waals surface area (Å²) in [6, 6.07) is 13.5. The Kier molecular flexibility index (Phi) is 5.53. The van der Waals surface area contributed by atoms with E-state index in [2.05, 4.69) is 10.5 Å². The van der Waals surface area contributed by atoms with Gasteiger partial charge in [-0.25, -0.2) is 4.39 Å². The first-order chi connectivity index (χ1) is 14.4. The zero-order chi connectivity index (χ0) is 21.1. The lowest BCUT2D eigenvalue weighted by Gasteiger charge is -2.38. The molecule has 2 amide bonds. The van der Waals surface area contributed by atoms with E-state index in [1.165, 1.54) is 24.3 Å². The number of halogens is 1. The van der Waals surface area contributed by atoms with Crippen LogP contribution in [0.4, 0.5) is 4.39 Å². The predicted molar refractivity (Wildman–Crippen MR) is 110 cm³/mol. The summed E-state index contributed by atoms with van der Waals surface area (Å²) in [5.74, 6) is -0.806. The molecule has 2 aromatic rings. The van der Waals surface area contributed by atoms with Crippen LogP contribution in [0.25, 0.3) is 0 Å². The molecular formula is C23H24FN3O3. The zero-order valence-corrected chi connectivity index (χ0v) is 16.9. The SMILES string of the molecule is Cc1ccc(CNC(=O)C2=NOC3(CCCN(C(=O)c4ccc(F)cc4)C3)C2)cc1. The highest BCUT2D eigenvalue weighted by Gasteiger charge is 2.45. The maximum atomic E-state index is 13.1. The molecule has 1 spiro atoms. The quantitative estimate of drug-likeness (QED) is 0.843. The fraction of sp³-hybridized carbons (Fsp3) is 0.348. The van der Waals surface area contributed by atoms with Gasteiger partial charge < -0.3 is 15.1 Å². The van der Waals surface area contributed by atoms with Crippen LogP contribution in [0.1, 0.15) is 40.7 Å². The molecule has 6 nitrogen and oxygen atoms in total. The molecule has 1 saturated heterocycles. The molecule has 2 heterocycles. The van der Waals surface area contributed by atoms with Crippen LogP contribution in [0.5, 0.6) is 0 Å². The number of oxime groups is 1. The summed E-state index contributed by atoms with van der Waals surface area (Å²) >= 11 is 0. The highest BCUT2D eigenvalue weighted by atomic mass is 19.1. The third-order valence-electron chi connectivity index (χ3n) is 5.59. The third kappa shape index (κ3) is 4.35. The minimum Gasteiger partial charge on any atom is -0.386 e. The molecule has 0 bridgehead atoms. The summed E-state index contributed by atoms with van der Waals surface area (Å²) in [6.45, 7) is 3.37. The lowest BCUT2D eigenvalue weighted by atomic mass is 9.87. The van der Waals surface area contributed by atoms with Crippen molar-refractivity contribution in [2.45, 2.75) is 38.3 Å². The number of piperidine rings is 1. The average Bonchev–Trinajstić information content (AvgIpc) is 3.16. The topological polar surface area (TPSA) is 71.0 Å². The number of hydrogen-bond acceptors (Lipinski definition) is 4. The number of aryl methyl sites for hydroxylation is 1. The van der Waals surface area contributed by atoms with E-state index in [1.54, 1.807) is 4.90 Å². The molecule has 0 radical (unpaired) electrons. The summed E-state index contributed by atoms with van der Waals surface area (Å²) in [5, 5.41) is 6.92. The van der Waals surface area contributed by atoms with Crippen LogP contribution in [0.3, 0.4) is 0 Å². The van der Waals surface area contributed by atoms with Gasteiger partial charge in [0.15, 0.2) is 5.60 Å². The number of rotatable bonds is 4. The van der Waals surface area contributed by atoms with Crippen molar-refractivity contribution < 1.29 is 18.8 Å². The minimum atomic E-state index is -0.676. The fourth-order valence-electron chi connectivity index (χ4n) is 3.90. The van der Waals surface area contributed by atoms with Gasteiger partial charge in [-0.15, -0.1) is 0 Å². The Morgan fingerprint density at radius 3 is 2.63 bits per heavy atom. The molecule has 7 heteroatoms. The second-order valence-corrected chi connectivity index (χ2v) is 7.99. The van der Waals surface area contributed by atoms with Crippen molar-refractivity contribution in [3.05, 3.63) is 71.0 Å². The lowest BCUT2D eigenvalue weighted by Crippen LogP contribution is -2.51. The van der Waals surface area contributed by atoms with Crippen LogP contribution in [-0.2, 0) is 16.2 Å². The van der Waals surface area contributed by atoms with Crippen molar-refractivity contribution in [2.75, 3.05) is 13.1 Å². The Hall–Kier alpha value is -3.22. The molecule has 156 valence electrons. The van der Waals surface area contributed by atoms with Crippen molar-refractivity contribution in [1.29, 1.82) is 0 Å². The maximum Gasteiger partial charge on any atom is 0.269 e. The second-order valence-electron chi connectivity index (χ2n) is 7.99. The van der Waals surface area contributed by atoms with E-state index in [9.17, 15) is 14.0 Å². The molecule has 30 heavy (non-hydrogen) atoms. The number of likely N-dealkylation sites (tertiary alicyclic amines) is 1. The number of nitrogens with one attached hydrogen (secondary N) is 1. The van der Waals surface area contributed by atoms with Gasteiger partial charge in [0.25, 0.3) is 11.8 Å². The molecule has 0 saturated carbocycles. The number of amides is 2. The largest absolute Gasteiger partial charge is 0.386 e. The van der Waals surface area contributed by atoms with Gasteiger partial charge in [0.2, 0.25) is 0 Å². The lowest BCUT2D eigenvalue weighted by molar-refractivity contribution is -0.115. The first-order valence-corrected chi connectivity index (χ1v) is 10.1. The van der Waals surface area contributed by atoms with Crippen LogP contribution < -0.4 is 5.32 Å². The van der Waals surface area contributed by atoms with Crippen molar-refractivity contribution in [3.8, 4) is 0 Å². The molecule has 2 aliphatic rings. The van der Waals surface area contributed by atoms with Crippen LogP contribution in [0, 0.1) is 12.7 Å². The van der Waals surface area contributed by atoms with Gasteiger partial charge in [0.05, 0.1) is 6.54 Å². The highest BCUT2D eigenvalue weighted by molar-refractivity contribution is 6.39. The maximum absolute atomic E-state index is 13.1. The van der Waals surface area contributed by atoms with E-state index in [1.807, 2.05) is 31.2 Å². The normalized spacial score (nSPS) is 20.6. The van der Waals surface area contributed by atoms with Crippen LogP contribution in [0.2, 0.25) is 0 Å².